The first-order chi connectivity index (χ1) is 8.63. The fourth-order valence-electron chi connectivity index (χ4n) is 1.42. The highest BCUT2D eigenvalue weighted by atomic mass is 32.1. The maximum Gasteiger partial charge on any atom is 0.325 e. The van der Waals surface area contributed by atoms with E-state index in [9.17, 15) is 4.79 Å². The Bertz CT molecular complexity index is 395. The zero-order valence-corrected chi connectivity index (χ0v) is 11.5. The number of thiocarbonyl (C=S) groups is 1. The molecule has 0 aromatic heterocycles. The number of carbonyl (C=O) groups excluding carboxylic acids is 1. The number of esters is 1. The molecular formula is C13H18N2O2S. The van der Waals surface area contributed by atoms with Gasteiger partial charge in [-0.1, -0.05) is 30.3 Å². The Balaban J connectivity index is 2.35. The maximum absolute atomic E-state index is 11.2. The summed E-state index contributed by atoms with van der Waals surface area (Å²) in [7, 11) is 1.88. The molecule has 0 radical (unpaired) electrons. The Morgan fingerprint density at radius 3 is 2.67 bits per heavy atom. The highest BCUT2D eigenvalue weighted by Gasteiger charge is 2.07. The van der Waals surface area contributed by atoms with Crippen molar-refractivity contribution >= 4 is 23.3 Å². The Kier molecular flexibility index (Phi) is 6.14. The van der Waals surface area contributed by atoms with Crippen LogP contribution in [0.3, 0.4) is 0 Å². The Morgan fingerprint density at radius 1 is 1.39 bits per heavy atom. The highest BCUT2D eigenvalue weighted by molar-refractivity contribution is 7.80. The summed E-state index contributed by atoms with van der Waals surface area (Å²) in [5.74, 6) is -0.298. The van der Waals surface area contributed by atoms with Gasteiger partial charge in [0, 0.05) is 13.6 Å². The molecule has 0 aliphatic heterocycles. The molecule has 1 aromatic carbocycles. The average Bonchev–Trinajstić information content (AvgIpc) is 2.37. The van der Waals surface area contributed by atoms with Gasteiger partial charge in [0.2, 0.25) is 0 Å². The predicted molar refractivity (Wildman–Crippen MR) is 75.1 cm³/mol. The van der Waals surface area contributed by atoms with Crippen LogP contribution in [-0.2, 0) is 16.1 Å². The SMILES string of the molecule is CCOC(=O)CNC(=S)N(C)Cc1ccccc1. The third-order valence-electron chi connectivity index (χ3n) is 2.30. The first kappa shape index (κ1) is 14.4. The van der Waals surface area contributed by atoms with E-state index in [2.05, 4.69) is 5.32 Å². The van der Waals surface area contributed by atoms with Crippen LogP contribution in [0.1, 0.15) is 12.5 Å². The fraction of sp³-hybridized carbons (Fsp3) is 0.385. The van der Waals surface area contributed by atoms with Gasteiger partial charge in [0.05, 0.1) is 6.61 Å². The second-order valence-electron chi connectivity index (χ2n) is 3.81. The van der Waals surface area contributed by atoms with E-state index in [1.165, 1.54) is 5.56 Å². The van der Waals surface area contributed by atoms with Crippen LogP contribution in [0.2, 0.25) is 0 Å². The van der Waals surface area contributed by atoms with Crippen LogP contribution in [0.25, 0.3) is 0 Å². The summed E-state index contributed by atoms with van der Waals surface area (Å²) in [5, 5.41) is 3.40. The molecule has 4 nitrogen and oxygen atoms in total. The molecule has 1 aromatic rings. The lowest BCUT2D eigenvalue weighted by Crippen LogP contribution is -2.39. The number of hydrogen-bond acceptors (Lipinski definition) is 3. The van der Waals surface area contributed by atoms with Gasteiger partial charge < -0.3 is 15.0 Å². The van der Waals surface area contributed by atoms with Crippen molar-refractivity contribution in [3.05, 3.63) is 35.9 Å². The molecule has 0 saturated carbocycles. The van der Waals surface area contributed by atoms with Crippen LogP contribution in [0.4, 0.5) is 0 Å². The van der Waals surface area contributed by atoms with Crippen LogP contribution in [0.5, 0.6) is 0 Å². The normalized spacial score (nSPS) is 9.67. The Hall–Kier alpha value is -1.62. The predicted octanol–water partition coefficient (Wildman–Crippen LogP) is 1.56. The van der Waals surface area contributed by atoms with Gasteiger partial charge in [-0.3, -0.25) is 4.79 Å². The van der Waals surface area contributed by atoms with Gasteiger partial charge in [0.1, 0.15) is 6.54 Å². The fourth-order valence-corrected chi connectivity index (χ4v) is 1.56. The van der Waals surface area contributed by atoms with Crippen LogP contribution >= 0.6 is 12.2 Å². The Labute approximate surface area is 113 Å². The van der Waals surface area contributed by atoms with Gasteiger partial charge >= 0.3 is 5.97 Å². The zero-order valence-electron chi connectivity index (χ0n) is 10.7. The number of benzene rings is 1. The lowest BCUT2D eigenvalue weighted by Gasteiger charge is -2.20. The van der Waals surface area contributed by atoms with Gasteiger partial charge in [-0.25, -0.2) is 0 Å². The molecule has 0 spiro atoms. The summed E-state index contributed by atoms with van der Waals surface area (Å²) in [5.41, 5.74) is 1.17. The van der Waals surface area contributed by atoms with Crippen molar-refractivity contribution < 1.29 is 9.53 Å². The van der Waals surface area contributed by atoms with Crippen LogP contribution in [-0.4, -0.2) is 36.2 Å². The number of carbonyl (C=O) groups is 1. The largest absolute Gasteiger partial charge is 0.465 e. The lowest BCUT2D eigenvalue weighted by molar-refractivity contribution is -0.141. The molecule has 0 fully saturated rings. The summed E-state index contributed by atoms with van der Waals surface area (Å²) in [4.78, 5) is 13.0. The number of nitrogens with one attached hydrogen (secondary N) is 1. The first-order valence-corrected chi connectivity index (χ1v) is 6.22. The van der Waals surface area contributed by atoms with E-state index in [0.717, 1.165) is 0 Å². The molecule has 0 bridgehead atoms. The number of ether oxygens (including phenoxy) is 1. The highest BCUT2D eigenvalue weighted by Crippen LogP contribution is 2.02. The van der Waals surface area contributed by atoms with Crippen molar-refractivity contribution in [3.63, 3.8) is 0 Å². The molecule has 0 aliphatic rings. The van der Waals surface area contributed by atoms with Gasteiger partial charge in [0.15, 0.2) is 5.11 Å². The molecule has 1 rings (SSSR count). The topological polar surface area (TPSA) is 41.6 Å². The van der Waals surface area contributed by atoms with Gasteiger partial charge in [0.25, 0.3) is 0 Å². The minimum Gasteiger partial charge on any atom is -0.465 e. The standard InChI is InChI=1S/C13H18N2O2S/c1-3-17-12(16)9-14-13(18)15(2)10-11-7-5-4-6-8-11/h4-8H,3,9-10H2,1-2H3,(H,14,18). The summed E-state index contributed by atoms with van der Waals surface area (Å²) in [6, 6.07) is 10.0. The van der Waals surface area contributed by atoms with E-state index in [1.54, 1.807) is 6.92 Å². The second-order valence-corrected chi connectivity index (χ2v) is 4.19. The van der Waals surface area contributed by atoms with Crippen LogP contribution in [0.15, 0.2) is 30.3 Å². The van der Waals surface area contributed by atoms with Gasteiger partial charge in [-0.05, 0) is 24.7 Å². The Morgan fingerprint density at radius 2 is 2.06 bits per heavy atom. The monoisotopic (exact) mass is 266 g/mol. The molecule has 0 saturated heterocycles. The molecule has 0 heterocycles. The minimum absolute atomic E-state index is 0.103. The molecule has 0 unspecified atom stereocenters. The molecule has 0 atom stereocenters. The van der Waals surface area contributed by atoms with Crippen LogP contribution < -0.4 is 5.32 Å². The summed E-state index contributed by atoms with van der Waals surface area (Å²) < 4.78 is 4.81. The molecular weight excluding hydrogens is 248 g/mol. The van der Waals surface area contributed by atoms with Gasteiger partial charge in [-0.2, -0.15) is 0 Å². The van der Waals surface area contributed by atoms with Crippen molar-refractivity contribution in [2.75, 3.05) is 20.2 Å². The van der Waals surface area contributed by atoms with E-state index in [4.69, 9.17) is 17.0 Å². The molecule has 98 valence electrons. The van der Waals surface area contributed by atoms with E-state index in [0.29, 0.717) is 18.3 Å². The van der Waals surface area contributed by atoms with Crippen LogP contribution in [0, 0.1) is 0 Å². The molecule has 18 heavy (non-hydrogen) atoms. The third-order valence-corrected chi connectivity index (χ3v) is 2.75. The average molecular weight is 266 g/mol. The van der Waals surface area contributed by atoms with Gasteiger partial charge in [-0.15, -0.1) is 0 Å². The molecule has 0 aliphatic carbocycles. The number of hydrogen-bond donors (Lipinski definition) is 1. The third kappa shape index (κ3) is 5.14. The van der Waals surface area contributed by atoms with E-state index in [1.807, 2.05) is 42.3 Å². The summed E-state index contributed by atoms with van der Waals surface area (Å²) in [6.07, 6.45) is 0. The van der Waals surface area contributed by atoms with Crippen molar-refractivity contribution in [1.29, 1.82) is 0 Å². The molecule has 1 N–H and O–H groups in total. The molecule has 0 amide bonds. The van der Waals surface area contributed by atoms with E-state index in [-0.39, 0.29) is 12.5 Å². The minimum atomic E-state index is -0.298. The lowest BCUT2D eigenvalue weighted by atomic mass is 10.2. The smallest absolute Gasteiger partial charge is 0.325 e. The second kappa shape index (κ2) is 7.66. The molecule has 5 heteroatoms. The first-order valence-electron chi connectivity index (χ1n) is 5.82. The van der Waals surface area contributed by atoms with Crippen molar-refractivity contribution in [3.8, 4) is 0 Å². The maximum atomic E-state index is 11.2. The van der Waals surface area contributed by atoms with E-state index < -0.39 is 0 Å². The van der Waals surface area contributed by atoms with E-state index >= 15 is 0 Å². The van der Waals surface area contributed by atoms with Crippen molar-refractivity contribution in [2.24, 2.45) is 0 Å². The quantitative estimate of drug-likeness (QED) is 0.647. The summed E-state index contributed by atoms with van der Waals surface area (Å²) >= 11 is 5.19. The zero-order chi connectivity index (χ0) is 13.4. The summed E-state index contributed by atoms with van der Waals surface area (Å²) in [6.45, 7) is 2.96. The number of nitrogens with zero attached hydrogens (tertiary/aromatic N) is 1. The van der Waals surface area contributed by atoms with Crippen molar-refractivity contribution in [2.45, 2.75) is 13.5 Å². The number of rotatable bonds is 5. The van der Waals surface area contributed by atoms with Crippen molar-refractivity contribution in [1.82, 2.24) is 10.2 Å².